The Balaban J connectivity index is 3.15. The molecule has 1 aromatic carbocycles. The molecule has 0 aliphatic heterocycles. The highest BCUT2D eigenvalue weighted by molar-refractivity contribution is 7.89. The lowest BCUT2D eigenvalue weighted by Gasteiger charge is -2.15. The number of sulfonamides is 1. The van der Waals surface area contributed by atoms with Crippen LogP contribution in [0.2, 0.25) is 0 Å². The van der Waals surface area contributed by atoms with E-state index in [1.165, 1.54) is 21.1 Å². The van der Waals surface area contributed by atoms with E-state index in [4.69, 9.17) is 14.2 Å². The summed E-state index contributed by atoms with van der Waals surface area (Å²) in [5.41, 5.74) is 0. The highest BCUT2D eigenvalue weighted by atomic mass is 32.2. The van der Waals surface area contributed by atoms with Gasteiger partial charge in [0.05, 0.1) is 20.8 Å². The number of hydrogen-bond donors (Lipinski definition) is 1. The van der Waals surface area contributed by atoms with Crippen LogP contribution in [0.4, 0.5) is 4.39 Å². The minimum atomic E-state index is -4.27. The van der Waals surface area contributed by atoms with Crippen LogP contribution in [0.5, 0.6) is 11.5 Å². The number of carbonyl (C=O) groups excluding carboxylic acids is 1. The van der Waals surface area contributed by atoms with Gasteiger partial charge in [-0.25, -0.2) is 12.8 Å². The van der Waals surface area contributed by atoms with E-state index < -0.39 is 32.7 Å². The van der Waals surface area contributed by atoms with E-state index >= 15 is 0 Å². The van der Waals surface area contributed by atoms with E-state index in [-0.39, 0.29) is 18.1 Å². The first-order chi connectivity index (χ1) is 10.3. The highest BCUT2D eigenvalue weighted by Crippen LogP contribution is 2.31. The minimum Gasteiger partial charge on any atom is -0.493 e. The average Bonchev–Trinajstić information content (AvgIpc) is 2.46. The zero-order valence-electron chi connectivity index (χ0n) is 12.7. The van der Waals surface area contributed by atoms with Crippen LogP contribution in [0, 0.1) is 5.82 Å². The van der Waals surface area contributed by atoms with Gasteiger partial charge in [-0.3, -0.25) is 4.79 Å². The van der Waals surface area contributed by atoms with E-state index in [1.54, 1.807) is 6.92 Å². The second-order valence-electron chi connectivity index (χ2n) is 4.23. The van der Waals surface area contributed by atoms with Crippen LogP contribution in [0.3, 0.4) is 0 Å². The van der Waals surface area contributed by atoms with Gasteiger partial charge in [0.15, 0.2) is 11.5 Å². The minimum absolute atomic E-state index is 0.0491. The van der Waals surface area contributed by atoms with E-state index in [0.29, 0.717) is 0 Å². The quantitative estimate of drug-likeness (QED) is 0.750. The lowest BCUT2D eigenvalue weighted by Crippen LogP contribution is -2.39. The smallest absolute Gasteiger partial charge is 0.323 e. The molecule has 0 saturated carbocycles. The molecule has 0 spiro atoms. The summed E-state index contributed by atoms with van der Waals surface area (Å²) in [4.78, 5) is 10.8. The number of methoxy groups -OCH3 is 2. The van der Waals surface area contributed by atoms with Crippen molar-refractivity contribution >= 4 is 16.0 Å². The van der Waals surface area contributed by atoms with Crippen molar-refractivity contribution in [2.45, 2.75) is 24.8 Å². The van der Waals surface area contributed by atoms with Crippen molar-refractivity contribution in [1.29, 1.82) is 0 Å². The molecule has 0 radical (unpaired) electrons. The van der Waals surface area contributed by atoms with Crippen molar-refractivity contribution in [3.8, 4) is 11.5 Å². The summed E-state index contributed by atoms with van der Waals surface area (Å²) in [6, 6.07) is 0.717. The predicted molar refractivity (Wildman–Crippen MR) is 75.9 cm³/mol. The third-order valence-electron chi connectivity index (χ3n) is 2.70. The van der Waals surface area contributed by atoms with Crippen molar-refractivity contribution in [2.75, 3.05) is 20.8 Å². The fourth-order valence-corrected chi connectivity index (χ4v) is 2.92. The molecule has 124 valence electrons. The molecule has 0 unspecified atom stereocenters. The summed E-state index contributed by atoms with van der Waals surface area (Å²) < 4.78 is 54.9. The zero-order chi connectivity index (χ0) is 16.9. The van der Waals surface area contributed by atoms with Gasteiger partial charge in [-0.1, -0.05) is 0 Å². The normalized spacial score (nSPS) is 12.6. The molecule has 7 nitrogen and oxygen atoms in total. The number of hydrogen-bond acceptors (Lipinski definition) is 6. The number of rotatable bonds is 7. The number of benzene rings is 1. The number of esters is 1. The average molecular weight is 335 g/mol. The molecule has 0 heterocycles. The summed E-state index contributed by atoms with van der Waals surface area (Å²) in [5.74, 6) is -1.68. The van der Waals surface area contributed by atoms with Gasteiger partial charge in [0, 0.05) is 12.1 Å². The highest BCUT2D eigenvalue weighted by Gasteiger charge is 2.27. The van der Waals surface area contributed by atoms with E-state index in [9.17, 15) is 17.6 Å². The topological polar surface area (TPSA) is 90.9 Å². The lowest BCUT2D eigenvalue weighted by molar-refractivity contribution is -0.144. The van der Waals surface area contributed by atoms with Crippen LogP contribution in [-0.2, 0) is 19.6 Å². The van der Waals surface area contributed by atoms with Crippen LogP contribution in [0.15, 0.2) is 17.0 Å². The molecule has 1 N–H and O–H groups in total. The summed E-state index contributed by atoms with van der Waals surface area (Å²) in [5, 5.41) is 0. The number of ether oxygens (including phenoxy) is 3. The fourth-order valence-electron chi connectivity index (χ4n) is 1.65. The Morgan fingerprint density at radius 2 is 1.82 bits per heavy atom. The third-order valence-corrected chi connectivity index (χ3v) is 4.26. The van der Waals surface area contributed by atoms with Gasteiger partial charge in [-0.05, 0) is 13.8 Å². The largest absolute Gasteiger partial charge is 0.493 e. The van der Waals surface area contributed by atoms with Gasteiger partial charge in [0.1, 0.15) is 16.8 Å². The first-order valence-corrected chi connectivity index (χ1v) is 7.85. The summed E-state index contributed by atoms with van der Waals surface area (Å²) in [6.07, 6.45) is 0. The molecular weight excluding hydrogens is 317 g/mol. The molecule has 0 bridgehead atoms. The Labute approximate surface area is 128 Å². The molecule has 1 atom stereocenters. The fraction of sp³-hybridized carbons (Fsp3) is 0.462. The summed E-state index contributed by atoms with van der Waals surface area (Å²) in [6.45, 7) is 3.00. The van der Waals surface area contributed by atoms with Crippen molar-refractivity contribution in [1.82, 2.24) is 4.72 Å². The maximum absolute atomic E-state index is 14.0. The Morgan fingerprint density at radius 1 is 1.27 bits per heavy atom. The summed E-state index contributed by atoms with van der Waals surface area (Å²) in [7, 11) is -1.68. The maximum Gasteiger partial charge on any atom is 0.323 e. The Kier molecular flexibility index (Phi) is 6.12. The van der Waals surface area contributed by atoms with Crippen molar-refractivity contribution in [2.24, 2.45) is 0 Å². The Morgan fingerprint density at radius 3 is 2.32 bits per heavy atom. The van der Waals surface area contributed by atoms with Crippen LogP contribution in [0.25, 0.3) is 0 Å². The Bertz CT molecular complexity index is 646. The third kappa shape index (κ3) is 4.08. The standard InChI is InChI=1S/C13H18FNO6S/c1-5-21-13(16)8(2)15-22(17,18)12-7-11(20-4)10(19-3)6-9(12)14/h6-8,15H,5H2,1-4H3/t8-/m0/s1. The zero-order valence-corrected chi connectivity index (χ0v) is 13.5. The van der Waals surface area contributed by atoms with Crippen LogP contribution >= 0.6 is 0 Å². The second-order valence-corrected chi connectivity index (χ2v) is 5.92. The van der Waals surface area contributed by atoms with Crippen LogP contribution < -0.4 is 14.2 Å². The predicted octanol–water partition coefficient (Wildman–Crippen LogP) is 1.07. The monoisotopic (exact) mass is 335 g/mol. The molecular formula is C13H18FNO6S. The second kappa shape index (κ2) is 7.41. The van der Waals surface area contributed by atoms with Gasteiger partial charge in [-0.2, -0.15) is 4.72 Å². The van der Waals surface area contributed by atoms with Gasteiger partial charge in [0.25, 0.3) is 0 Å². The van der Waals surface area contributed by atoms with Crippen LogP contribution in [0.1, 0.15) is 13.8 Å². The van der Waals surface area contributed by atoms with E-state index in [0.717, 1.165) is 12.1 Å². The van der Waals surface area contributed by atoms with Crippen molar-refractivity contribution in [3.05, 3.63) is 17.9 Å². The molecule has 0 aromatic heterocycles. The molecule has 9 heteroatoms. The number of carbonyl (C=O) groups is 1. The van der Waals surface area contributed by atoms with Gasteiger partial charge in [0.2, 0.25) is 10.0 Å². The van der Waals surface area contributed by atoms with Gasteiger partial charge in [-0.15, -0.1) is 0 Å². The SMILES string of the molecule is CCOC(=O)[C@H](C)NS(=O)(=O)c1cc(OC)c(OC)cc1F. The molecule has 22 heavy (non-hydrogen) atoms. The first kappa shape index (κ1) is 18.2. The van der Waals surface area contributed by atoms with Crippen LogP contribution in [-0.4, -0.2) is 41.3 Å². The molecule has 0 amide bonds. The number of halogens is 1. The van der Waals surface area contributed by atoms with Gasteiger partial charge < -0.3 is 14.2 Å². The first-order valence-electron chi connectivity index (χ1n) is 6.37. The number of nitrogens with one attached hydrogen (secondary N) is 1. The van der Waals surface area contributed by atoms with Crippen molar-refractivity contribution in [3.63, 3.8) is 0 Å². The molecule has 0 saturated heterocycles. The lowest BCUT2D eigenvalue weighted by atomic mass is 10.3. The van der Waals surface area contributed by atoms with E-state index in [1.807, 2.05) is 4.72 Å². The molecule has 0 aliphatic carbocycles. The molecule has 1 rings (SSSR count). The van der Waals surface area contributed by atoms with Crippen molar-refractivity contribution < 1.29 is 31.8 Å². The van der Waals surface area contributed by atoms with E-state index in [2.05, 4.69) is 0 Å². The maximum atomic E-state index is 14.0. The summed E-state index contributed by atoms with van der Waals surface area (Å²) >= 11 is 0. The Hall–Kier alpha value is -1.87. The molecule has 0 aliphatic rings. The molecule has 0 fully saturated rings. The molecule has 1 aromatic rings. The van der Waals surface area contributed by atoms with Gasteiger partial charge >= 0.3 is 5.97 Å².